The number of ether oxygens (including phenoxy) is 2. The molecule has 1 saturated heterocycles. The van der Waals surface area contributed by atoms with Crippen LogP contribution in [-0.2, 0) is 23.2 Å². The third-order valence-corrected chi connectivity index (χ3v) is 5.83. The first kappa shape index (κ1) is 26.4. The third kappa shape index (κ3) is 7.64. The van der Waals surface area contributed by atoms with Gasteiger partial charge in [-0.15, -0.1) is 24.0 Å². The number of hydrogen-bond donors (Lipinski definition) is 2. The Morgan fingerprint density at radius 1 is 1.06 bits per heavy atom. The Kier molecular flexibility index (Phi) is 10.7. The van der Waals surface area contributed by atoms with E-state index in [4.69, 9.17) is 9.47 Å². The number of benzene rings is 2. The number of hydrogen-bond acceptors (Lipinski definition) is 4. The molecule has 1 fully saturated rings. The van der Waals surface area contributed by atoms with E-state index in [1.165, 1.54) is 16.7 Å². The molecule has 0 atom stereocenters. The predicted molar refractivity (Wildman–Crippen MR) is 142 cm³/mol. The van der Waals surface area contributed by atoms with Gasteiger partial charge in [0.2, 0.25) is 0 Å². The summed E-state index contributed by atoms with van der Waals surface area (Å²) in [5.41, 5.74) is 3.80. The molecule has 0 radical (unpaired) electrons. The Morgan fingerprint density at radius 2 is 1.78 bits per heavy atom. The Bertz CT molecular complexity index is 867. The fourth-order valence-corrected chi connectivity index (χ4v) is 3.73. The van der Waals surface area contributed by atoms with E-state index in [0.717, 1.165) is 57.6 Å². The van der Waals surface area contributed by atoms with Gasteiger partial charge in [-0.25, -0.2) is 0 Å². The van der Waals surface area contributed by atoms with Gasteiger partial charge < -0.3 is 20.1 Å². The smallest absolute Gasteiger partial charge is 0.191 e. The van der Waals surface area contributed by atoms with Crippen LogP contribution in [0.1, 0.15) is 30.5 Å². The van der Waals surface area contributed by atoms with Crippen molar-refractivity contribution in [3.63, 3.8) is 0 Å². The molecule has 2 aromatic carbocycles. The van der Waals surface area contributed by atoms with Crippen LogP contribution in [0.2, 0.25) is 0 Å². The molecule has 2 N–H and O–H groups in total. The first-order valence-corrected chi connectivity index (χ1v) is 11.0. The molecule has 2 aromatic rings. The molecule has 0 amide bonds. The Balaban J connectivity index is 0.00000363. The van der Waals surface area contributed by atoms with Crippen molar-refractivity contribution in [3.8, 4) is 5.75 Å². The monoisotopic (exact) mass is 552 g/mol. The highest BCUT2D eigenvalue weighted by atomic mass is 127. The lowest BCUT2D eigenvalue weighted by molar-refractivity contribution is 0.0341. The minimum absolute atomic E-state index is 0. The first-order valence-electron chi connectivity index (χ1n) is 11.0. The second-order valence-electron chi connectivity index (χ2n) is 8.55. The van der Waals surface area contributed by atoms with E-state index in [1.54, 1.807) is 7.11 Å². The summed E-state index contributed by atoms with van der Waals surface area (Å²) >= 11 is 0. The van der Waals surface area contributed by atoms with Gasteiger partial charge in [0.05, 0.1) is 20.3 Å². The summed E-state index contributed by atoms with van der Waals surface area (Å²) in [4.78, 5) is 6.87. The highest BCUT2D eigenvalue weighted by Gasteiger charge is 2.21. The normalized spacial score (nSPS) is 15.1. The second-order valence-corrected chi connectivity index (χ2v) is 8.55. The lowest BCUT2D eigenvalue weighted by Crippen LogP contribution is -2.43. The molecule has 3 rings (SSSR count). The van der Waals surface area contributed by atoms with E-state index >= 15 is 0 Å². The number of methoxy groups -OCH3 is 1. The van der Waals surface area contributed by atoms with Crippen molar-refractivity contribution < 1.29 is 9.47 Å². The van der Waals surface area contributed by atoms with Crippen LogP contribution in [0.5, 0.6) is 5.75 Å². The van der Waals surface area contributed by atoms with Gasteiger partial charge in [-0.05, 0) is 28.8 Å². The molecule has 0 bridgehead atoms. The van der Waals surface area contributed by atoms with Gasteiger partial charge in [0.15, 0.2) is 5.96 Å². The van der Waals surface area contributed by atoms with Crippen LogP contribution in [-0.4, -0.2) is 57.9 Å². The van der Waals surface area contributed by atoms with E-state index in [2.05, 4.69) is 70.8 Å². The van der Waals surface area contributed by atoms with Crippen molar-refractivity contribution in [1.82, 2.24) is 15.5 Å². The molecule has 1 heterocycles. The molecule has 176 valence electrons. The van der Waals surface area contributed by atoms with Crippen molar-refractivity contribution in [2.45, 2.75) is 32.4 Å². The fraction of sp³-hybridized carbons (Fsp3) is 0.480. The number of nitrogens with one attached hydrogen (secondary N) is 2. The molecule has 0 aliphatic carbocycles. The van der Waals surface area contributed by atoms with E-state index in [9.17, 15) is 0 Å². The number of halogens is 1. The molecule has 0 saturated carbocycles. The Morgan fingerprint density at radius 3 is 2.47 bits per heavy atom. The Labute approximate surface area is 209 Å². The van der Waals surface area contributed by atoms with Gasteiger partial charge in [0, 0.05) is 45.2 Å². The van der Waals surface area contributed by atoms with Crippen molar-refractivity contribution in [1.29, 1.82) is 0 Å². The van der Waals surface area contributed by atoms with Crippen LogP contribution in [0.15, 0.2) is 53.5 Å². The van der Waals surface area contributed by atoms with Gasteiger partial charge >= 0.3 is 0 Å². The maximum atomic E-state index is 5.48. The number of morpholine rings is 1. The molecule has 7 heteroatoms. The SMILES string of the molecule is CN=C(NCc1ccccc1CN1CCOCC1)NCC(C)(C)c1cccc(OC)c1.I. The molecule has 0 spiro atoms. The van der Waals surface area contributed by atoms with Crippen molar-refractivity contribution >= 4 is 29.9 Å². The highest BCUT2D eigenvalue weighted by molar-refractivity contribution is 14.0. The molecular formula is C25H37IN4O2. The molecule has 0 unspecified atom stereocenters. The number of aliphatic imine (C=N–C) groups is 1. The van der Waals surface area contributed by atoms with Crippen LogP contribution in [0.4, 0.5) is 0 Å². The average molecular weight is 553 g/mol. The van der Waals surface area contributed by atoms with Crippen LogP contribution in [0.25, 0.3) is 0 Å². The highest BCUT2D eigenvalue weighted by Crippen LogP contribution is 2.25. The molecule has 1 aliphatic heterocycles. The van der Waals surface area contributed by atoms with E-state index in [-0.39, 0.29) is 29.4 Å². The number of guanidine groups is 1. The van der Waals surface area contributed by atoms with Crippen LogP contribution in [0, 0.1) is 0 Å². The van der Waals surface area contributed by atoms with Crippen molar-refractivity contribution in [2.75, 3.05) is 47.0 Å². The summed E-state index contributed by atoms with van der Waals surface area (Å²) in [5, 5.41) is 6.97. The summed E-state index contributed by atoms with van der Waals surface area (Å²) in [6.45, 7) is 10.5. The molecule has 1 aliphatic rings. The summed E-state index contributed by atoms with van der Waals surface area (Å²) < 4.78 is 10.9. The standard InChI is InChI=1S/C25H36N4O2.HI/c1-25(2,22-10-7-11-23(16-22)30-4)19-28-24(26-3)27-17-20-8-5-6-9-21(20)18-29-12-14-31-15-13-29;/h5-11,16H,12-15,17-19H2,1-4H3,(H2,26,27,28);1H. The molecule has 6 nitrogen and oxygen atoms in total. The number of rotatable bonds is 8. The molecular weight excluding hydrogens is 515 g/mol. The van der Waals surface area contributed by atoms with Gasteiger partial charge in [-0.2, -0.15) is 0 Å². The average Bonchev–Trinajstić information content (AvgIpc) is 2.81. The lowest BCUT2D eigenvalue weighted by atomic mass is 9.84. The minimum Gasteiger partial charge on any atom is -0.497 e. The van der Waals surface area contributed by atoms with Crippen molar-refractivity contribution in [2.24, 2.45) is 4.99 Å². The molecule has 32 heavy (non-hydrogen) atoms. The van der Waals surface area contributed by atoms with Gasteiger partial charge in [0.1, 0.15) is 5.75 Å². The largest absolute Gasteiger partial charge is 0.497 e. The first-order chi connectivity index (χ1) is 15.0. The Hall–Kier alpha value is -1.84. The van der Waals surface area contributed by atoms with E-state index in [1.807, 2.05) is 19.2 Å². The van der Waals surface area contributed by atoms with E-state index in [0.29, 0.717) is 0 Å². The zero-order valence-electron chi connectivity index (χ0n) is 19.7. The van der Waals surface area contributed by atoms with Crippen LogP contribution in [0.3, 0.4) is 0 Å². The van der Waals surface area contributed by atoms with Crippen molar-refractivity contribution in [3.05, 3.63) is 65.2 Å². The summed E-state index contributed by atoms with van der Waals surface area (Å²) in [6, 6.07) is 16.9. The topological polar surface area (TPSA) is 58.1 Å². The zero-order valence-corrected chi connectivity index (χ0v) is 22.0. The minimum atomic E-state index is -0.0690. The quantitative estimate of drug-likeness (QED) is 0.297. The van der Waals surface area contributed by atoms with Gasteiger partial charge in [-0.1, -0.05) is 50.2 Å². The number of nitrogens with zero attached hydrogens (tertiary/aromatic N) is 2. The van der Waals surface area contributed by atoms with E-state index < -0.39 is 0 Å². The van der Waals surface area contributed by atoms with Gasteiger partial charge in [0.25, 0.3) is 0 Å². The summed E-state index contributed by atoms with van der Waals surface area (Å²) in [5.74, 6) is 1.68. The zero-order chi connectivity index (χ0) is 22.1. The third-order valence-electron chi connectivity index (χ3n) is 5.83. The fourth-order valence-electron chi connectivity index (χ4n) is 3.73. The lowest BCUT2D eigenvalue weighted by Gasteiger charge is -2.28. The predicted octanol–water partition coefficient (Wildman–Crippen LogP) is 3.79. The summed E-state index contributed by atoms with van der Waals surface area (Å²) in [7, 11) is 3.51. The second kappa shape index (κ2) is 13.0. The molecule has 0 aromatic heterocycles. The van der Waals surface area contributed by atoms with Gasteiger partial charge in [-0.3, -0.25) is 9.89 Å². The van der Waals surface area contributed by atoms with Crippen LogP contribution >= 0.6 is 24.0 Å². The van der Waals surface area contributed by atoms with Crippen LogP contribution < -0.4 is 15.4 Å². The summed E-state index contributed by atoms with van der Waals surface area (Å²) in [6.07, 6.45) is 0. The maximum absolute atomic E-state index is 5.48. The maximum Gasteiger partial charge on any atom is 0.191 e.